The predicted octanol–water partition coefficient (Wildman–Crippen LogP) is 0.144. The van der Waals surface area contributed by atoms with E-state index in [1.54, 1.807) is 13.0 Å². The van der Waals surface area contributed by atoms with Crippen LogP contribution in [0.15, 0.2) is 6.07 Å². The topological polar surface area (TPSA) is 136 Å². The van der Waals surface area contributed by atoms with Crippen molar-refractivity contribution in [2.45, 2.75) is 38.6 Å². The molecule has 136 valence electrons. The number of rotatable bonds is 6. The zero-order valence-electron chi connectivity index (χ0n) is 14.4. The summed E-state index contributed by atoms with van der Waals surface area (Å²) in [5.41, 5.74) is 5.89. The van der Waals surface area contributed by atoms with E-state index in [1.165, 1.54) is 7.11 Å². The summed E-state index contributed by atoms with van der Waals surface area (Å²) in [5.74, 6) is -0.953. The van der Waals surface area contributed by atoms with Crippen LogP contribution in [0.5, 0.6) is 0 Å². The van der Waals surface area contributed by atoms with Crippen molar-refractivity contribution in [3.8, 4) is 0 Å². The molecule has 9 heteroatoms. The molecule has 1 fully saturated rings. The van der Waals surface area contributed by atoms with Crippen molar-refractivity contribution in [3.63, 3.8) is 0 Å². The van der Waals surface area contributed by atoms with Gasteiger partial charge in [-0.1, -0.05) is 0 Å². The lowest BCUT2D eigenvalue weighted by atomic mass is 9.85. The average molecular weight is 349 g/mol. The first-order valence-electron chi connectivity index (χ1n) is 8.15. The number of nitrogens with two attached hydrogens (primary N) is 1. The Morgan fingerprint density at radius 3 is 2.52 bits per heavy atom. The fraction of sp³-hybridized carbons (Fsp3) is 0.562. The molecule has 1 aliphatic rings. The zero-order chi connectivity index (χ0) is 18.4. The average Bonchev–Trinajstić information content (AvgIpc) is 2.59. The van der Waals surface area contributed by atoms with Crippen LogP contribution in [0.4, 0.5) is 5.95 Å². The minimum atomic E-state index is -0.554. The molecule has 0 saturated heterocycles. The van der Waals surface area contributed by atoms with Gasteiger partial charge in [0.25, 0.3) is 0 Å². The number of nitrogens with zero attached hydrogens (tertiary/aromatic N) is 2. The second kappa shape index (κ2) is 8.41. The summed E-state index contributed by atoms with van der Waals surface area (Å²) in [6, 6.07) is 1.68. The van der Waals surface area contributed by atoms with Crippen molar-refractivity contribution in [2.24, 2.45) is 11.7 Å². The number of hydrogen-bond donors (Lipinski definition) is 3. The number of amides is 2. The summed E-state index contributed by atoms with van der Waals surface area (Å²) >= 11 is 0. The molecule has 4 N–H and O–H groups in total. The standard InChI is InChI=1S/C16H23N5O4/c1-9-7-12(15(24)25-2)21-16(19-9)20-11-5-3-10(4-6-11)14(23)18-8-13(17)22/h7,10-11H,3-6,8H2,1-2H3,(H2,17,22)(H,18,23)(H,19,20,21). The third-order valence-corrected chi connectivity index (χ3v) is 4.12. The minimum Gasteiger partial charge on any atom is -0.464 e. The van der Waals surface area contributed by atoms with Gasteiger partial charge in [-0.05, 0) is 38.7 Å². The van der Waals surface area contributed by atoms with Gasteiger partial charge in [0.15, 0.2) is 5.69 Å². The summed E-state index contributed by atoms with van der Waals surface area (Å²) in [7, 11) is 1.30. The van der Waals surface area contributed by atoms with Gasteiger partial charge in [0.05, 0.1) is 13.7 Å². The van der Waals surface area contributed by atoms with Crippen molar-refractivity contribution in [1.29, 1.82) is 0 Å². The van der Waals surface area contributed by atoms with Gasteiger partial charge in [-0.3, -0.25) is 9.59 Å². The number of esters is 1. The van der Waals surface area contributed by atoms with Crippen molar-refractivity contribution < 1.29 is 19.1 Å². The molecule has 9 nitrogen and oxygen atoms in total. The highest BCUT2D eigenvalue weighted by atomic mass is 16.5. The largest absolute Gasteiger partial charge is 0.464 e. The summed E-state index contributed by atoms with van der Waals surface area (Å²) in [6.07, 6.45) is 2.91. The number of methoxy groups -OCH3 is 1. The number of aryl methyl sites for hydroxylation is 1. The fourth-order valence-corrected chi connectivity index (χ4v) is 2.84. The van der Waals surface area contributed by atoms with E-state index in [9.17, 15) is 14.4 Å². The van der Waals surface area contributed by atoms with Crippen LogP contribution in [0.2, 0.25) is 0 Å². The quantitative estimate of drug-likeness (QED) is 0.621. The number of carbonyl (C=O) groups excluding carboxylic acids is 3. The van der Waals surface area contributed by atoms with Crippen molar-refractivity contribution in [2.75, 3.05) is 19.0 Å². The molecular weight excluding hydrogens is 326 g/mol. The summed E-state index contributed by atoms with van der Waals surface area (Å²) in [5, 5.41) is 5.76. The molecule has 25 heavy (non-hydrogen) atoms. The fourth-order valence-electron chi connectivity index (χ4n) is 2.84. The summed E-state index contributed by atoms with van der Waals surface area (Å²) in [4.78, 5) is 42.7. The van der Waals surface area contributed by atoms with Gasteiger partial charge in [0.2, 0.25) is 17.8 Å². The Hall–Kier alpha value is -2.71. The molecular formula is C16H23N5O4. The maximum atomic E-state index is 11.9. The summed E-state index contributed by atoms with van der Waals surface area (Å²) in [6.45, 7) is 1.64. The lowest BCUT2D eigenvalue weighted by molar-refractivity contribution is -0.128. The highest BCUT2D eigenvalue weighted by molar-refractivity contribution is 5.87. The van der Waals surface area contributed by atoms with E-state index in [4.69, 9.17) is 5.73 Å². The first-order valence-corrected chi connectivity index (χ1v) is 8.15. The molecule has 2 rings (SSSR count). The van der Waals surface area contributed by atoms with Crippen LogP contribution in [-0.4, -0.2) is 47.4 Å². The van der Waals surface area contributed by atoms with E-state index >= 15 is 0 Å². The Labute approximate surface area is 145 Å². The van der Waals surface area contributed by atoms with Crippen LogP contribution in [0.25, 0.3) is 0 Å². The van der Waals surface area contributed by atoms with Gasteiger partial charge in [-0.15, -0.1) is 0 Å². The molecule has 0 spiro atoms. The lowest BCUT2D eigenvalue weighted by Crippen LogP contribution is -2.39. The molecule has 0 radical (unpaired) electrons. The number of anilines is 1. The number of hydrogen-bond acceptors (Lipinski definition) is 7. The molecule has 0 unspecified atom stereocenters. The molecule has 1 aromatic heterocycles. The molecule has 0 atom stereocenters. The lowest BCUT2D eigenvalue weighted by Gasteiger charge is -2.28. The maximum Gasteiger partial charge on any atom is 0.356 e. The minimum absolute atomic E-state index is 0.118. The van der Waals surface area contributed by atoms with Crippen molar-refractivity contribution >= 4 is 23.7 Å². The number of nitrogens with one attached hydrogen (secondary N) is 2. The number of ether oxygens (including phenoxy) is 1. The highest BCUT2D eigenvalue weighted by Gasteiger charge is 2.27. The van der Waals surface area contributed by atoms with E-state index in [2.05, 4.69) is 25.3 Å². The molecule has 0 aliphatic heterocycles. The van der Waals surface area contributed by atoms with Crippen molar-refractivity contribution in [3.05, 3.63) is 17.5 Å². The Morgan fingerprint density at radius 1 is 1.24 bits per heavy atom. The van der Waals surface area contributed by atoms with Crippen LogP contribution in [-0.2, 0) is 14.3 Å². The van der Waals surface area contributed by atoms with Crippen LogP contribution in [0.1, 0.15) is 41.9 Å². The highest BCUT2D eigenvalue weighted by Crippen LogP contribution is 2.26. The maximum absolute atomic E-state index is 11.9. The number of aromatic nitrogens is 2. The van der Waals surface area contributed by atoms with Crippen molar-refractivity contribution in [1.82, 2.24) is 15.3 Å². The first kappa shape index (κ1) is 18.6. The third-order valence-electron chi connectivity index (χ3n) is 4.12. The van der Waals surface area contributed by atoms with E-state index in [0.29, 0.717) is 24.5 Å². The van der Waals surface area contributed by atoms with Crippen LogP contribution in [0, 0.1) is 12.8 Å². The van der Waals surface area contributed by atoms with Crippen LogP contribution in [0.3, 0.4) is 0 Å². The third kappa shape index (κ3) is 5.40. The van der Waals surface area contributed by atoms with Crippen LogP contribution < -0.4 is 16.4 Å². The zero-order valence-corrected chi connectivity index (χ0v) is 14.4. The second-order valence-corrected chi connectivity index (χ2v) is 6.09. The molecule has 1 aromatic rings. The smallest absolute Gasteiger partial charge is 0.356 e. The molecule has 0 bridgehead atoms. The van der Waals surface area contributed by atoms with Gasteiger partial charge >= 0.3 is 5.97 Å². The monoisotopic (exact) mass is 349 g/mol. The van der Waals surface area contributed by atoms with Gasteiger partial charge < -0.3 is 21.1 Å². The number of primary amides is 1. The van der Waals surface area contributed by atoms with E-state index in [-0.39, 0.29) is 30.1 Å². The Kier molecular flexibility index (Phi) is 6.26. The van der Waals surface area contributed by atoms with E-state index in [0.717, 1.165) is 12.8 Å². The molecule has 1 aliphatic carbocycles. The first-order chi connectivity index (χ1) is 11.9. The van der Waals surface area contributed by atoms with Gasteiger partial charge in [-0.2, -0.15) is 0 Å². The molecule has 2 amide bonds. The Morgan fingerprint density at radius 2 is 1.92 bits per heavy atom. The van der Waals surface area contributed by atoms with Gasteiger partial charge in [0.1, 0.15) is 0 Å². The molecule has 0 aromatic carbocycles. The Bertz CT molecular complexity index is 656. The Balaban J connectivity index is 1.89. The normalized spacial score (nSPS) is 19.8. The second-order valence-electron chi connectivity index (χ2n) is 6.09. The predicted molar refractivity (Wildman–Crippen MR) is 89.7 cm³/mol. The summed E-state index contributed by atoms with van der Waals surface area (Å²) < 4.78 is 4.68. The SMILES string of the molecule is COC(=O)c1cc(C)nc(NC2CCC(C(=O)NCC(N)=O)CC2)n1. The molecule has 1 heterocycles. The van der Waals surface area contributed by atoms with E-state index in [1.807, 2.05) is 0 Å². The van der Waals surface area contributed by atoms with Gasteiger partial charge in [0, 0.05) is 17.7 Å². The van der Waals surface area contributed by atoms with Crippen LogP contribution >= 0.6 is 0 Å². The molecule has 1 saturated carbocycles. The van der Waals surface area contributed by atoms with E-state index < -0.39 is 11.9 Å². The van der Waals surface area contributed by atoms with Gasteiger partial charge in [-0.25, -0.2) is 14.8 Å². The number of carbonyl (C=O) groups is 3.